The molecule has 2 rings (SSSR count). The van der Waals surface area contributed by atoms with Crippen molar-refractivity contribution in [1.29, 1.82) is 0 Å². The highest BCUT2D eigenvalue weighted by Gasteiger charge is 2.04. The van der Waals surface area contributed by atoms with Crippen molar-refractivity contribution in [1.82, 2.24) is 14.8 Å². The Morgan fingerprint density at radius 1 is 1.47 bits per heavy atom. The van der Waals surface area contributed by atoms with Gasteiger partial charge in [-0.1, -0.05) is 0 Å². The number of nitrogens with zero attached hydrogens (tertiary/aromatic N) is 3. The molecule has 0 aliphatic rings. The number of hydrogen-bond donors (Lipinski definition) is 0. The minimum absolute atomic E-state index is 0.103. The summed E-state index contributed by atoms with van der Waals surface area (Å²) in [6.07, 6.45) is 1.68. The van der Waals surface area contributed by atoms with E-state index in [1.54, 1.807) is 19.2 Å². The van der Waals surface area contributed by atoms with Gasteiger partial charge in [0.05, 0.1) is 0 Å². The Morgan fingerprint density at radius 3 is 2.93 bits per heavy atom. The zero-order valence-corrected chi connectivity index (χ0v) is 9.56. The summed E-state index contributed by atoms with van der Waals surface area (Å²) in [6.45, 7) is 2.00. The molecule has 0 spiro atoms. The second-order valence-electron chi connectivity index (χ2n) is 3.03. The van der Waals surface area contributed by atoms with E-state index in [0.29, 0.717) is 18.3 Å². The Hall–Kier alpha value is -1.43. The highest BCUT2D eigenvalue weighted by atomic mass is 79.9. The average molecular weight is 270 g/mol. The van der Waals surface area contributed by atoms with Gasteiger partial charge in [-0.3, -0.25) is 4.79 Å². The van der Waals surface area contributed by atoms with E-state index < -0.39 is 0 Å². The smallest absolute Gasteiger partial charge is 0.251 e. The molecule has 0 aliphatic carbocycles. The Balaban J connectivity index is 2.31. The monoisotopic (exact) mass is 269 g/mol. The van der Waals surface area contributed by atoms with Crippen molar-refractivity contribution in [2.45, 2.75) is 13.5 Å². The van der Waals surface area contributed by atoms with Gasteiger partial charge >= 0.3 is 0 Å². The first-order chi connectivity index (χ1) is 7.15. The predicted octanol–water partition coefficient (Wildman–Crippen LogP) is 1.35. The first-order valence-corrected chi connectivity index (χ1v) is 5.09. The van der Waals surface area contributed by atoms with E-state index in [0.717, 1.165) is 4.47 Å². The molecular formula is C9H8BrN3O2. The Bertz CT molecular complexity index is 532. The second-order valence-corrected chi connectivity index (χ2v) is 3.94. The van der Waals surface area contributed by atoms with E-state index in [4.69, 9.17) is 4.42 Å². The van der Waals surface area contributed by atoms with Crippen LogP contribution in [-0.2, 0) is 6.54 Å². The highest BCUT2D eigenvalue weighted by Crippen LogP contribution is 2.06. The van der Waals surface area contributed by atoms with E-state index in [-0.39, 0.29) is 5.56 Å². The summed E-state index contributed by atoms with van der Waals surface area (Å²) in [4.78, 5) is 11.4. The molecule has 6 heteroatoms. The van der Waals surface area contributed by atoms with Crippen molar-refractivity contribution in [3.63, 3.8) is 0 Å². The van der Waals surface area contributed by atoms with E-state index in [1.807, 2.05) is 0 Å². The highest BCUT2D eigenvalue weighted by molar-refractivity contribution is 9.10. The summed E-state index contributed by atoms with van der Waals surface area (Å²) in [7, 11) is 0. The summed E-state index contributed by atoms with van der Waals surface area (Å²) >= 11 is 3.29. The van der Waals surface area contributed by atoms with Gasteiger partial charge in [0.25, 0.3) is 5.56 Å². The molecule has 0 amide bonds. The average Bonchev–Trinajstić information content (AvgIpc) is 2.58. The van der Waals surface area contributed by atoms with Crippen LogP contribution in [0.25, 0.3) is 0 Å². The lowest BCUT2D eigenvalue weighted by Gasteiger charge is -2.01. The van der Waals surface area contributed by atoms with Gasteiger partial charge in [-0.05, 0) is 22.0 Å². The third kappa shape index (κ3) is 2.33. The maximum absolute atomic E-state index is 11.4. The van der Waals surface area contributed by atoms with Crippen molar-refractivity contribution in [2.75, 3.05) is 0 Å². The summed E-state index contributed by atoms with van der Waals surface area (Å²) in [5, 5.41) is 7.51. The molecule has 0 fully saturated rings. The second kappa shape index (κ2) is 3.98. The van der Waals surface area contributed by atoms with Crippen LogP contribution in [0.2, 0.25) is 0 Å². The van der Waals surface area contributed by atoms with Gasteiger partial charge in [0.15, 0.2) is 0 Å². The normalized spacial score (nSPS) is 10.5. The Labute approximate surface area is 93.9 Å². The SMILES string of the molecule is Cc1nnc(Cn2cc(Br)ccc2=O)o1. The first-order valence-electron chi connectivity index (χ1n) is 4.30. The standard InChI is InChI=1S/C9H8BrN3O2/c1-6-11-12-8(15-6)5-13-4-7(10)2-3-9(13)14/h2-4H,5H2,1H3. The van der Waals surface area contributed by atoms with Crippen molar-refractivity contribution < 1.29 is 4.42 Å². The zero-order chi connectivity index (χ0) is 10.8. The fraction of sp³-hybridized carbons (Fsp3) is 0.222. The van der Waals surface area contributed by atoms with Gasteiger partial charge in [-0.25, -0.2) is 0 Å². The fourth-order valence-electron chi connectivity index (χ4n) is 1.17. The lowest BCUT2D eigenvalue weighted by atomic mass is 10.4. The molecule has 0 aliphatic heterocycles. The molecule has 2 aromatic heterocycles. The number of aryl methyl sites for hydroxylation is 1. The van der Waals surface area contributed by atoms with Crippen LogP contribution in [0.5, 0.6) is 0 Å². The molecule has 0 saturated heterocycles. The minimum atomic E-state index is -0.103. The van der Waals surface area contributed by atoms with Gasteiger partial charge in [0.1, 0.15) is 6.54 Å². The molecule has 0 N–H and O–H groups in total. The molecule has 2 aromatic rings. The Kier molecular flexibility index (Phi) is 2.68. The van der Waals surface area contributed by atoms with Crippen molar-refractivity contribution in [3.05, 3.63) is 44.9 Å². The number of hydrogen-bond acceptors (Lipinski definition) is 4. The molecule has 0 unspecified atom stereocenters. The molecule has 0 bridgehead atoms. The van der Waals surface area contributed by atoms with Crippen LogP contribution < -0.4 is 5.56 Å². The van der Waals surface area contributed by atoms with Crippen molar-refractivity contribution >= 4 is 15.9 Å². The van der Waals surface area contributed by atoms with Crippen LogP contribution in [0.1, 0.15) is 11.8 Å². The largest absolute Gasteiger partial charge is 0.424 e. The summed E-state index contributed by atoms with van der Waals surface area (Å²) in [5.41, 5.74) is -0.103. The fourth-order valence-corrected chi connectivity index (χ4v) is 1.55. The van der Waals surface area contributed by atoms with Crippen LogP contribution >= 0.6 is 15.9 Å². The third-order valence-electron chi connectivity index (χ3n) is 1.82. The van der Waals surface area contributed by atoms with E-state index in [9.17, 15) is 4.79 Å². The van der Waals surface area contributed by atoms with Crippen LogP contribution in [0.15, 0.2) is 32.0 Å². The molecule has 0 radical (unpaired) electrons. The topological polar surface area (TPSA) is 60.9 Å². The number of rotatable bonds is 2. The predicted molar refractivity (Wildman–Crippen MR) is 56.5 cm³/mol. The van der Waals surface area contributed by atoms with Crippen LogP contribution in [0.4, 0.5) is 0 Å². The van der Waals surface area contributed by atoms with Gasteiger partial charge < -0.3 is 8.98 Å². The summed E-state index contributed by atoms with van der Waals surface area (Å²) < 4.78 is 7.51. The first kappa shape index (κ1) is 10.1. The maximum Gasteiger partial charge on any atom is 0.251 e. The van der Waals surface area contributed by atoms with Gasteiger partial charge in [0.2, 0.25) is 11.8 Å². The molecular weight excluding hydrogens is 262 g/mol. The van der Waals surface area contributed by atoms with E-state index in [1.165, 1.54) is 10.6 Å². The number of pyridine rings is 1. The molecule has 0 aromatic carbocycles. The van der Waals surface area contributed by atoms with Crippen LogP contribution in [-0.4, -0.2) is 14.8 Å². The van der Waals surface area contributed by atoms with Gasteiger partial charge in [-0.2, -0.15) is 0 Å². The number of aromatic nitrogens is 3. The Morgan fingerprint density at radius 2 is 2.27 bits per heavy atom. The molecule has 15 heavy (non-hydrogen) atoms. The molecule has 5 nitrogen and oxygen atoms in total. The van der Waals surface area contributed by atoms with Gasteiger partial charge in [-0.15, -0.1) is 10.2 Å². The molecule has 0 atom stereocenters. The zero-order valence-electron chi connectivity index (χ0n) is 7.98. The van der Waals surface area contributed by atoms with E-state index >= 15 is 0 Å². The molecule has 78 valence electrons. The lowest BCUT2D eigenvalue weighted by molar-refractivity contribution is 0.451. The van der Waals surface area contributed by atoms with E-state index in [2.05, 4.69) is 26.1 Å². The van der Waals surface area contributed by atoms with Crippen LogP contribution in [0.3, 0.4) is 0 Å². The van der Waals surface area contributed by atoms with Crippen LogP contribution in [0, 0.1) is 6.92 Å². The van der Waals surface area contributed by atoms with Gasteiger partial charge in [0, 0.05) is 23.7 Å². The van der Waals surface area contributed by atoms with Crippen molar-refractivity contribution in [3.8, 4) is 0 Å². The molecule has 2 heterocycles. The lowest BCUT2D eigenvalue weighted by Crippen LogP contribution is -2.18. The summed E-state index contributed by atoms with van der Waals surface area (Å²) in [5.74, 6) is 0.917. The van der Waals surface area contributed by atoms with Crippen molar-refractivity contribution in [2.24, 2.45) is 0 Å². The maximum atomic E-state index is 11.4. The molecule has 0 saturated carbocycles. The quantitative estimate of drug-likeness (QED) is 0.826. The summed E-state index contributed by atoms with van der Waals surface area (Å²) in [6, 6.07) is 3.17. The minimum Gasteiger partial charge on any atom is -0.424 e. The number of halogens is 1. The third-order valence-corrected chi connectivity index (χ3v) is 2.29.